The first kappa shape index (κ1) is 23.2. The van der Waals surface area contributed by atoms with Gasteiger partial charge >= 0.3 is 0 Å². The largest absolute Gasteiger partial charge is 0.401 e. The number of ether oxygens (including phenoxy) is 1. The summed E-state index contributed by atoms with van der Waals surface area (Å²) in [6.45, 7) is 15.3. The van der Waals surface area contributed by atoms with Crippen LogP contribution in [-0.4, -0.2) is 33.4 Å². The van der Waals surface area contributed by atoms with Crippen LogP contribution in [0.4, 0.5) is 0 Å². The quantitative estimate of drug-likeness (QED) is 0.382. The van der Waals surface area contributed by atoms with Crippen LogP contribution >= 0.6 is 11.8 Å². The lowest BCUT2D eigenvalue weighted by Gasteiger charge is -2.40. The Bertz CT molecular complexity index is 580. The van der Waals surface area contributed by atoms with Crippen molar-refractivity contribution in [2.24, 2.45) is 11.8 Å². The molecule has 0 aliphatic rings. The molecule has 0 amide bonds. The van der Waals surface area contributed by atoms with Crippen LogP contribution in [-0.2, 0) is 9.16 Å². The highest BCUT2D eigenvalue weighted by molar-refractivity contribution is 7.99. The van der Waals surface area contributed by atoms with Gasteiger partial charge in [0.2, 0.25) is 0 Å². The van der Waals surface area contributed by atoms with E-state index in [0.717, 1.165) is 5.75 Å². The van der Waals surface area contributed by atoms with E-state index in [0.29, 0.717) is 5.92 Å². The van der Waals surface area contributed by atoms with Gasteiger partial charge in [-0.1, -0.05) is 52.8 Å². The average Bonchev–Trinajstić information content (AvgIpc) is 2.58. The molecule has 0 unspecified atom stereocenters. The Kier molecular flexibility index (Phi) is 8.88. The van der Waals surface area contributed by atoms with Gasteiger partial charge in [0.1, 0.15) is 6.10 Å². The zero-order valence-corrected chi connectivity index (χ0v) is 19.4. The molecule has 0 heterocycles. The maximum absolute atomic E-state index is 9.75. The molecular weight excluding hydrogens is 358 g/mol. The molecule has 0 N–H and O–H groups in total. The van der Waals surface area contributed by atoms with Crippen LogP contribution in [0.1, 0.15) is 34.6 Å². The van der Waals surface area contributed by atoms with Crippen molar-refractivity contribution < 1.29 is 9.16 Å². The molecule has 1 aromatic rings. The first-order valence-corrected chi connectivity index (χ1v) is 13.2. The van der Waals surface area contributed by atoms with Crippen LogP contribution in [0.25, 0.3) is 0 Å². The molecule has 0 saturated carbocycles. The second-order valence-corrected chi connectivity index (χ2v) is 14.4. The predicted molar refractivity (Wildman–Crippen MR) is 114 cm³/mol. The molecule has 0 aliphatic heterocycles. The summed E-state index contributed by atoms with van der Waals surface area (Å²) in [6.07, 6.45) is -0.453. The summed E-state index contributed by atoms with van der Waals surface area (Å²) in [4.78, 5) is 1.26. The normalized spacial score (nSPS) is 17.2. The van der Waals surface area contributed by atoms with Crippen molar-refractivity contribution in [1.82, 2.24) is 0 Å². The topological polar surface area (TPSA) is 42.2 Å². The summed E-state index contributed by atoms with van der Waals surface area (Å²) in [5.41, 5.74) is 0. The van der Waals surface area contributed by atoms with E-state index in [1.54, 1.807) is 7.11 Å². The second-order valence-electron chi connectivity index (χ2n) is 8.59. The van der Waals surface area contributed by atoms with Gasteiger partial charge in [0.05, 0.1) is 12.2 Å². The lowest BCUT2D eigenvalue weighted by atomic mass is 9.90. The summed E-state index contributed by atoms with van der Waals surface area (Å²) >= 11 is 1.83. The van der Waals surface area contributed by atoms with Gasteiger partial charge in [-0.15, -0.1) is 11.8 Å². The van der Waals surface area contributed by atoms with Crippen LogP contribution in [0.2, 0.25) is 18.1 Å². The molecule has 0 aromatic heterocycles. The summed E-state index contributed by atoms with van der Waals surface area (Å²) in [5, 5.41) is 9.83. The van der Waals surface area contributed by atoms with Crippen molar-refractivity contribution >= 4 is 20.1 Å². The van der Waals surface area contributed by atoms with Crippen LogP contribution < -0.4 is 0 Å². The fourth-order valence-corrected chi connectivity index (χ4v) is 4.97. The molecular formula is C21H35NO2SSi. The van der Waals surface area contributed by atoms with Gasteiger partial charge in [0.25, 0.3) is 0 Å². The second kappa shape index (κ2) is 9.94. The van der Waals surface area contributed by atoms with Crippen molar-refractivity contribution in [2.75, 3.05) is 12.9 Å². The zero-order chi connectivity index (χ0) is 20.0. The minimum atomic E-state index is -2.00. The zero-order valence-electron chi connectivity index (χ0n) is 17.6. The van der Waals surface area contributed by atoms with Crippen molar-refractivity contribution in [2.45, 2.75) is 69.9 Å². The first-order valence-electron chi connectivity index (χ1n) is 9.31. The third-order valence-electron chi connectivity index (χ3n) is 5.44. The third-order valence-corrected chi connectivity index (χ3v) is 11.2. The van der Waals surface area contributed by atoms with E-state index < -0.39 is 14.4 Å². The Morgan fingerprint density at radius 1 is 1.15 bits per heavy atom. The van der Waals surface area contributed by atoms with E-state index in [4.69, 9.17) is 9.16 Å². The molecule has 0 spiro atoms. The van der Waals surface area contributed by atoms with Gasteiger partial charge in [-0.3, -0.25) is 0 Å². The Hall–Kier alpha value is -0.803. The van der Waals surface area contributed by atoms with Crippen molar-refractivity contribution in [1.29, 1.82) is 5.26 Å². The number of rotatable bonds is 9. The molecule has 26 heavy (non-hydrogen) atoms. The lowest BCUT2D eigenvalue weighted by molar-refractivity contribution is -0.00939. The minimum Gasteiger partial charge on any atom is -0.401 e. The van der Waals surface area contributed by atoms with E-state index in [2.05, 4.69) is 78.0 Å². The molecule has 0 bridgehead atoms. The van der Waals surface area contributed by atoms with Gasteiger partial charge in [0, 0.05) is 23.7 Å². The molecule has 0 saturated heterocycles. The molecule has 146 valence electrons. The highest BCUT2D eigenvalue weighted by Crippen LogP contribution is 2.39. The van der Waals surface area contributed by atoms with Crippen LogP contribution in [0.15, 0.2) is 35.2 Å². The summed E-state index contributed by atoms with van der Waals surface area (Å²) in [6, 6.07) is 12.8. The highest BCUT2D eigenvalue weighted by Gasteiger charge is 2.42. The van der Waals surface area contributed by atoms with Gasteiger partial charge in [-0.25, -0.2) is 0 Å². The monoisotopic (exact) mass is 393 g/mol. The van der Waals surface area contributed by atoms with E-state index in [1.807, 2.05) is 17.8 Å². The standard InChI is InChI=1S/C21H35NO2SSi/c1-16(15-25-18-12-10-9-11-13-18)20(23-6)17(2)19(14-22)24-26(7,8)21(3,4)5/h9-13,16-17,19-20H,15H2,1-8H3/t16-,17+,19-,20+/m0/s1. The number of nitriles is 1. The Labute approximate surface area is 165 Å². The molecule has 1 aromatic carbocycles. The van der Waals surface area contributed by atoms with Gasteiger partial charge < -0.3 is 9.16 Å². The molecule has 3 nitrogen and oxygen atoms in total. The molecule has 5 heteroatoms. The summed E-state index contributed by atoms with van der Waals surface area (Å²) in [5.74, 6) is 1.29. The molecule has 1 rings (SSSR count). The van der Waals surface area contributed by atoms with Gasteiger partial charge in [0.15, 0.2) is 8.32 Å². The number of thioether (sulfide) groups is 1. The van der Waals surface area contributed by atoms with Crippen molar-refractivity contribution in [3.63, 3.8) is 0 Å². The fraction of sp³-hybridized carbons (Fsp3) is 0.667. The Balaban J connectivity index is 2.78. The number of nitrogens with zero attached hydrogens (tertiary/aromatic N) is 1. The Morgan fingerprint density at radius 3 is 2.19 bits per heavy atom. The van der Waals surface area contributed by atoms with E-state index in [1.165, 1.54) is 4.90 Å². The van der Waals surface area contributed by atoms with E-state index in [9.17, 15) is 5.26 Å². The maximum Gasteiger partial charge on any atom is 0.193 e. The number of methoxy groups -OCH3 is 1. The lowest BCUT2D eigenvalue weighted by Crippen LogP contribution is -2.47. The van der Waals surface area contributed by atoms with Gasteiger partial charge in [-0.05, 0) is 36.2 Å². The smallest absolute Gasteiger partial charge is 0.193 e. The van der Waals surface area contributed by atoms with Crippen molar-refractivity contribution in [3.8, 4) is 6.07 Å². The minimum absolute atomic E-state index is 0.0133. The average molecular weight is 394 g/mol. The maximum atomic E-state index is 9.75. The summed E-state index contributed by atoms with van der Waals surface area (Å²) in [7, 11) is -0.258. The molecule has 0 fully saturated rings. The van der Waals surface area contributed by atoms with Crippen molar-refractivity contribution in [3.05, 3.63) is 30.3 Å². The van der Waals surface area contributed by atoms with Gasteiger partial charge in [-0.2, -0.15) is 5.26 Å². The molecule has 0 aliphatic carbocycles. The molecule has 0 radical (unpaired) electrons. The van der Waals surface area contributed by atoms with Crippen LogP contribution in [0.5, 0.6) is 0 Å². The van der Waals surface area contributed by atoms with Crippen LogP contribution in [0, 0.1) is 23.2 Å². The number of hydrogen-bond acceptors (Lipinski definition) is 4. The number of benzene rings is 1. The SMILES string of the molecule is CO[C@@H]([C@H](C)[C@H](C#N)O[Si](C)(C)C(C)(C)C)[C@@H](C)CSc1ccccc1. The van der Waals surface area contributed by atoms with E-state index >= 15 is 0 Å². The number of hydrogen-bond donors (Lipinski definition) is 0. The third kappa shape index (κ3) is 6.42. The first-order chi connectivity index (χ1) is 12.0. The molecule has 4 atom stereocenters. The summed E-state index contributed by atoms with van der Waals surface area (Å²) < 4.78 is 12.2. The predicted octanol–water partition coefficient (Wildman–Crippen LogP) is 5.98. The highest BCUT2D eigenvalue weighted by atomic mass is 32.2. The van der Waals surface area contributed by atoms with Crippen LogP contribution in [0.3, 0.4) is 0 Å². The van der Waals surface area contributed by atoms with E-state index in [-0.39, 0.29) is 17.1 Å². The fourth-order valence-electron chi connectivity index (χ4n) is 2.72. The Morgan fingerprint density at radius 2 is 1.73 bits per heavy atom.